The van der Waals surface area contributed by atoms with Crippen molar-refractivity contribution in [2.75, 3.05) is 6.61 Å². The van der Waals surface area contributed by atoms with Gasteiger partial charge in [0.05, 0.1) is 6.61 Å². The van der Waals surface area contributed by atoms with E-state index in [1.54, 1.807) is 6.92 Å². The molecule has 0 fully saturated rings. The largest absolute Gasteiger partial charge is 0.464 e. The van der Waals surface area contributed by atoms with E-state index in [2.05, 4.69) is 0 Å². The van der Waals surface area contributed by atoms with Gasteiger partial charge in [-0.25, -0.2) is 4.79 Å². The summed E-state index contributed by atoms with van der Waals surface area (Å²) in [6.45, 7) is 7.94. The summed E-state index contributed by atoms with van der Waals surface area (Å²) in [6, 6.07) is 3.65. The maximum atomic E-state index is 11.4. The minimum Gasteiger partial charge on any atom is -0.464 e. The fraction of sp³-hybridized carbons (Fsp3) is 0.462. The molecule has 0 saturated carbocycles. The van der Waals surface area contributed by atoms with Crippen LogP contribution in [-0.2, 0) is 9.53 Å². The number of aryl methyl sites for hydroxylation is 2. The summed E-state index contributed by atoms with van der Waals surface area (Å²) in [5.74, 6) is -0.592. The van der Waals surface area contributed by atoms with Crippen molar-refractivity contribution in [3.8, 4) is 0 Å². The summed E-state index contributed by atoms with van der Waals surface area (Å²) in [5.41, 5.74) is 3.91. The van der Waals surface area contributed by atoms with E-state index in [0.717, 1.165) is 11.1 Å². The van der Waals surface area contributed by atoms with Crippen LogP contribution in [-0.4, -0.2) is 17.7 Å². The van der Waals surface area contributed by atoms with Crippen molar-refractivity contribution in [1.82, 2.24) is 0 Å². The molecule has 0 aliphatic heterocycles. The van der Waals surface area contributed by atoms with E-state index in [4.69, 9.17) is 4.74 Å². The summed E-state index contributed by atoms with van der Waals surface area (Å²) in [7, 11) is 0. The highest BCUT2D eigenvalue weighted by Crippen LogP contribution is 2.21. The molecule has 1 atom stereocenters. The van der Waals surface area contributed by atoms with Crippen LogP contribution < -0.4 is 0 Å². The number of aliphatic hydroxyl groups is 1. The van der Waals surface area contributed by atoms with Crippen LogP contribution in [0.25, 0.3) is 0 Å². The van der Waals surface area contributed by atoms with Crippen LogP contribution in [0, 0.1) is 20.8 Å². The van der Waals surface area contributed by atoms with Gasteiger partial charge in [0.25, 0.3) is 0 Å². The summed E-state index contributed by atoms with van der Waals surface area (Å²) in [4.78, 5) is 11.4. The lowest BCUT2D eigenvalue weighted by molar-refractivity contribution is -0.153. The van der Waals surface area contributed by atoms with Crippen molar-refractivity contribution in [2.45, 2.75) is 33.8 Å². The van der Waals surface area contributed by atoms with Crippen molar-refractivity contribution >= 4 is 5.97 Å². The first-order valence-corrected chi connectivity index (χ1v) is 5.39. The van der Waals surface area contributed by atoms with E-state index in [9.17, 15) is 9.90 Å². The number of carbonyl (C=O) groups is 1. The molecule has 0 radical (unpaired) electrons. The fourth-order valence-electron chi connectivity index (χ4n) is 1.58. The topological polar surface area (TPSA) is 46.5 Å². The molecule has 3 heteroatoms. The van der Waals surface area contributed by atoms with Gasteiger partial charge in [-0.1, -0.05) is 12.1 Å². The van der Waals surface area contributed by atoms with E-state index in [1.165, 1.54) is 5.56 Å². The number of aliphatic hydroxyl groups excluding tert-OH is 1. The van der Waals surface area contributed by atoms with Crippen molar-refractivity contribution in [3.63, 3.8) is 0 Å². The lowest BCUT2D eigenvalue weighted by Crippen LogP contribution is -2.15. The molecule has 1 aromatic rings. The van der Waals surface area contributed by atoms with Gasteiger partial charge in [0.1, 0.15) is 0 Å². The number of carbonyl (C=O) groups excluding carboxylic acids is 1. The zero-order valence-electron chi connectivity index (χ0n) is 10.2. The Kier molecular flexibility index (Phi) is 4.07. The van der Waals surface area contributed by atoms with E-state index in [0.29, 0.717) is 5.56 Å². The lowest BCUT2D eigenvalue weighted by Gasteiger charge is -2.13. The molecule has 1 N–H and O–H groups in total. The Labute approximate surface area is 96.1 Å². The number of benzene rings is 1. The number of hydrogen-bond acceptors (Lipinski definition) is 3. The predicted octanol–water partition coefficient (Wildman–Crippen LogP) is 2.21. The molecule has 0 aliphatic carbocycles. The molecule has 0 bridgehead atoms. The number of ether oxygens (including phenoxy) is 1. The van der Waals surface area contributed by atoms with E-state index >= 15 is 0 Å². The van der Waals surface area contributed by atoms with Crippen molar-refractivity contribution in [3.05, 3.63) is 34.4 Å². The molecule has 1 aromatic carbocycles. The van der Waals surface area contributed by atoms with Gasteiger partial charge in [0.15, 0.2) is 6.10 Å². The van der Waals surface area contributed by atoms with Crippen LogP contribution in [0.1, 0.15) is 35.3 Å². The minimum atomic E-state index is -1.18. The molecule has 0 amide bonds. The summed E-state index contributed by atoms with van der Waals surface area (Å²) in [6.07, 6.45) is -1.18. The summed E-state index contributed by atoms with van der Waals surface area (Å²) < 4.78 is 4.78. The van der Waals surface area contributed by atoms with Crippen molar-refractivity contribution < 1.29 is 14.6 Å². The predicted molar refractivity (Wildman–Crippen MR) is 62.2 cm³/mol. The number of esters is 1. The zero-order chi connectivity index (χ0) is 12.3. The third kappa shape index (κ3) is 2.61. The average Bonchev–Trinajstić information content (AvgIpc) is 2.24. The van der Waals surface area contributed by atoms with Crippen molar-refractivity contribution in [1.29, 1.82) is 0 Å². The monoisotopic (exact) mass is 222 g/mol. The summed E-state index contributed by atoms with van der Waals surface area (Å²) >= 11 is 0. The molecule has 16 heavy (non-hydrogen) atoms. The second-order valence-corrected chi connectivity index (χ2v) is 3.93. The summed E-state index contributed by atoms with van der Waals surface area (Å²) in [5, 5.41) is 9.79. The molecule has 0 aromatic heterocycles. The Bertz CT molecular complexity index is 373. The van der Waals surface area contributed by atoms with Gasteiger partial charge in [-0.2, -0.15) is 0 Å². The smallest absolute Gasteiger partial charge is 0.339 e. The second kappa shape index (κ2) is 5.12. The maximum Gasteiger partial charge on any atom is 0.339 e. The molecule has 3 nitrogen and oxygen atoms in total. The number of hydrogen-bond donors (Lipinski definition) is 1. The van der Waals surface area contributed by atoms with E-state index < -0.39 is 12.1 Å². The Morgan fingerprint density at radius 2 is 1.81 bits per heavy atom. The SMILES string of the molecule is CCOC(=O)C(O)c1cc(C)c(C)c(C)c1. The maximum absolute atomic E-state index is 11.4. The molecular formula is C13H18O3. The van der Waals surface area contributed by atoms with Gasteiger partial charge in [0, 0.05) is 0 Å². The quantitative estimate of drug-likeness (QED) is 0.797. The minimum absolute atomic E-state index is 0.277. The zero-order valence-corrected chi connectivity index (χ0v) is 10.2. The van der Waals surface area contributed by atoms with E-state index in [1.807, 2.05) is 32.9 Å². The Morgan fingerprint density at radius 3 is 2.25 bits per heavy atom. The lowest BCUT2D eigenvalue weighted by atomic mass is 9.98. The molecule has 88 valence electrons. The molecular weight excluding hydrogens is 204 g/mol. The van der Waals surface area contributed by atoms with Gasteiger partial charge in [-0.3, -0.25) is 0 Å². The Morgan fingerprint density at radius 1 is 1.31 bits per heavy atom. The number of rotatable bonds is 3. The van der Waals surface area contributed by atoms with Gasteiger partial charge >= 0.3 is 5.97 Å². The van der Waals surface area contributed by atoms with Crippen LogP contribution in [0.15, 0.2) is 12.1 Å². The molecule has 0 spiro atoms. The van der Waals surface area contributed by atoms with Crippen LogP contribution in [0.2, 0.25) is 0 Å². The first-order chi connectivity index (χ1) is 7.47. The first kappa shape index (κ1) is 12.7. The third-order valence-electron chi connectivity index (χ3n) is 2.77. The van der Waals surface area contributed by atoms with Crippen LogP contribution >= 0.6 is 0 Å². The standard InChI is InChI=1S/C13H18O3/c1-5-16-13(15)12(14)11-6-8(2)10(4)9(3)7-11/h6-7,12,14H,5H2,1-4H3. The highest BCUT2D eigenvalue weighted by Gasteiger charge is 2.19. The van der Waals surface area contributed by atoms with E-state index in [-0.39, 0.29) is 6.61 Å². The molecule has 0 saturated heterocycles. The van der Waals surface area contributed by atoms with Gasteiger partial charge in [-0.05, 0) is 49.9 Å². The highest BCUT2D eigenvalue weighted by molar-refractivity contribution is 5.76. The average molecular weight is 222 g/mol. The fourth-order valence-corrected chi connectivity index (χ4v) is 1.58. The van der Waals surface area contributed by atoms with Crippen LogP contribution in [0.5, 0.6) is 0 Å². The normalized spacial score (nSPS) is 12.3. The second-order valence-electron chi connectivity index (χ2n) is 3.93. The molecule has 1 rings (SSSR count). The molecule has 1 unspecified atom stereocenters. The van der Waals surface area contributed by atoms with Crippen molar-refractivity contribution in [2.24, 2.45) is 0 Å². The van der Waals surface area contributed by atoms with Crippen LogP contribution in [0.3, 0.4) is 0 Å². The van der Waals surface area contributed by atoms with Gasteiger partial charge in [0.2, 0.25) is 0 Å². The first-order valence-electron chi connectivity index (χ1n) is 5.39. The third-order valence-corrected chi connectivity index (χ3v) is 2.77. The highest BCUT2D eigenvalue weighted by atomic mass is 16.5. The van der Waals surface area contributed by atoms with Gasteiger partial charge in [-0.15, -0.1) is 0 Å². The van der Waals surface area contributed by atoms with Crippen LogP contribution in [0.4, 0.5) is 0 Å². The molecule has 0 heterocycles. The molecule has 0 aliphatic rings. The Hall–Kier alpha value is -1.35. The Balaban J connectivity index is 3.01. The van der Waals surface area contributed by atoms with Gasteiger partial charge < -0.3 is 9.84 Å².